The monoisotopic (exact) mass is 343 g/mol. The molecule has 0 spiro atoms. The van der Waals surface area contributed by atoms with E-state index in [0.29, 0.717) is 21.7 Å². The molecule has 0 aliphatic heterocycles. The van der Waals surface area contributed by atoms with E-state index in [0.717, 1.165) is 11.8 Å². The number of carbonyl (C=O) groups excluding carboxylic acids is 1. The van der Waals surface area contributed by atoms with E-state index in [2.05, 4.69) is 10.3 Å². The van der Waals surface area contributed by atoms with Crippen LogP contribution in [0.15, 0.2) is 58.5 Å². The van der Waals surface area contributed by atoms with Gasteiger partial charge in [0.25, 0.3) is 5.56 Å². The summed E-state index contributed by atoms with van der Waals surface area (Å²) in [6, 6.07) is 12.6. The molecule has 3 rings (SSSR count). The maximum atomic E-state index is 13.2. The van der Waals surface area contributed by atoms with E-state index in [1.54, 1.807) is 31.3 Å². The van der Waals surface area contributed by atoms with Crippen LogP contribution in [-0.2, 0) is 4.79 Å². The highest BCUT2D eigenvalue weighted by molar-refractivity contribution is 7.99. The second-order valence-corrected chi connectivity index (χ2v) is 5.93. The summed E-state index contributed by atoms with van der Waals surface area (Å²) in [6.07, 6.45) is 0. The molecule has 122 valence electrons. The highest BCUT2D eigenvalue weighted by Crippen LogP contribution is 2.21. The zero-order valence-electron chi connectivity index (χ0n) is 12.8. The second-order valence-electron chi connectivity index (χ2n) is 4.99. The van der Waals surface area contributed by atoms with Crippen LogP contribution in [0.2, 0.25) is 0 Å². The van der Waals surface area contributed by atoms with Gasteiger partial charge in [-0.2, -0.15) is 0 Å². The minimum absolute atomic E-state index is 0.127. The van der Waals surface area contributed by atoms with Crippen LogP contribution < -0.4 is 10.9 Å². The molecule has 1 N–H and O–H groups in total. The summed E-state index contributed by atoms with van der Waals surface area (Å²) < 4.78 is 14.6. The van der Waals surface area contributed by atoms with Gasteiger partial charge in [-0.3, -0.25) is 14.2 Å². The van der Waals surface area contributed by atoms with Gasteiger partial charge in [-0.1, -0.05) is 23.9 Å². The Balaban J connectivity index is 2.19. The van der Waals surface area contributed by atoms with Crippen LogP contribution >= 0.6 is 11.8 Å². The number of para-hydroxylation sites is 1. The van der Waals surface area contributed by atoms with Crippen molar-refractivity contribution in [3.8, 4) is 5.69 Å². The Morgan fingerprint density at radius 2 is 1.92 bits per heavy atom. The molecule has 3 aromatic rings. The van der Waals surface area contributed by atoms with Crippen molar-refractivity contribution in [1.29, 1.82) is 0 Å². The fraction of sp³-hybridized carbons (Fsp3) is 0.118. The number of thioether (sulfide) groups is 1. The Morgan fingerprint density at radius 3 is 2.62 bits per heavy atom. The maximum absolute atomic E-state index is 13.2. The molecule has 0 aliphatic carbocycles. The molecule has 24 heavy (non-hydrogen) atoms. The topological polar surface area (TPSA) is 64.0 Å². The summed E-state index contributed by atoms with van der Waals surface area (Å²) in [4.78, 5) is 28.9. The average Bonchev–Trinajstić information content (AvgIpc) is 2.61. The summed E-state index contributed by atoms with van der Waals surface area (Å²) in [5.74, 6) is -0.434. The molecule has 1 heterocycles. The summed E-state index contributed by atoms with van der Waals surface area (Å²) in [5, 5.41) is 3.38. The first-order valence-corrected chi connectivity index (χ1v) is 8.20. The molecular weight excluding hydrogens is 329 g/mol. The number of carbonyl (C=O) groups is 1. The van der Waals surface area contributed by atoms with Gasteiger partial charge in [0, 0.05) is 7.05 Å². The number of hydrogen-bond acceptors (Lipinski definition) is 4. The van der Waals surface area contributed by atoms with Crippen LogP contribution in [0.25, 0.3) is 16.6 Å². The molecule has 1 aromatic heterocycles. The van der Waals surface area contributed by atoms with E-state index in [1.807, 2.05) is 0 Å². The van der Waals surface area contributed by atoms with Gasteiger partial charge in [0.15, 0.2) is 5.16 Å². The first-order chi connectivity index (χ1) is 11.6. The molecule has 0 bridgehead atoms. The highest BCUT2D eigenvalue weighted by Gasteiger charge is 2.14. The van der Waals surface area contributed by atoms with E-state index in [-0.39, 0.29) is 23.0 Å². The molecule has 7 heteroatoms. The van der Waals surface area contributed by atoms with Crippen molar-refractivity contribution in [3.05, 3.63) is 64.7 Å². The van der Waals surface area contributed by atoms with Gasteiger partial charge in [-0.25, -0.2) is 9.37 Å². The quantitative estimate of drug-likeness (QED) is 0.583. The predicted octanol–water partition coefficient (Wildman–Crippen LogP) is 2.36. The van der Waals surface area contributed by atoms with Gasteiger partial charge < -0.3 is 5.32 Å². The lowest BCUT2D eigenvalue weighted by Gasteiger charge is -2.13. The number of aromatic nitrogens is 2. The fourth-order valence-electron chi connectivity index (χ4n) is 2.23. The van der Waals surface area contributed by atoms with Crippen molar-refractivity contribution in [2.24, 2.45) is 0 Å². The number of nitrogens with one attached hydrogen (secondary N) is 1. The van der Waals surface area contributed by atoms with Crippen molar-refractivity contribution in [2.45, 2.75) is 5.16 Å². The van der Waals surface area contributed by atoms with Gasteiger partial charge in [0.05, 0.1) is 22.3 Å². The van der Waals surface area contributed by atoms with Crippen LogP contribution in [0.5, 0.6) is 0 Å². The molecule has 0 fully saturated rings. The molecule has 0 radical (unpaired) electrons. The SMILES string of the molecule is CNC(=O)CSc1nc2ccccc2c(=O)n1-c1ccc(F)cc1. The molecule has 1 amide bonds. The molecule has 0 atom stereocenters. The van der Waals surface area contributed by atoms with Crippen LogP contribution in [0.3, 0.4) is 0 Å². The van der Waals surface area contributed by atoms with Crippen LogP contribution in [0.1, 0.15) is 0 Å². The van der Waals surface area contributed by atoms with E-state index in [1.165, 1.54) is 28.8 Å². The zero-order chi connectivity index (χ0) is 17.1. The second kappa shape index (κ2) is 6.84. The minimum Gasteiger partial charge on any atom is -0.358 e. The number of nitrogens with zero attached hydrogens (tertiary/aromatic N) is 2. The molecule has 0 aliphatic rings. The summed E-state index contributed by atoms with van der Waals surface area (Å²) in [6.45, 7) is 0. The predicted molar refractivity (Wildman–Crippen MR) is 92.1 cm³/mol. The Kier molecular flexibility index (Phi) is 4.61. The first-order valence-electron chi connectivity index (χ1n) is 7.21. The third-order valence-corrected chi connectivity index (χ3v) is 4.38. The van der Waals surface area contributed by atoms with Crippen molar-refractivity contribution < 1.29 is 9.18 Å². The third-order valence-electron chi connectivity index (χ3n) is 3.44. The Morgan fingerprint density at radius 1 is 1.21 bits per heavy atom. The molecule has 2 aromatic carbocycles. The average molecular weight is 343 g/mol. The van der Waals surface area contributed by atoms with Gasteiger partial charge in [-0.05, 0) is 36.4 Å². The number of fused-ring (bicyclic) bond motifs is 1. The van der Waals surface area contributed by atoms with Crippen molar-refractivity contribution in [1.82, 2.24) is 14.9 Å². The number of rotatable bonds is 4. The smallest absolute Gasteiger partial charge is 0.266 e. The van der Waals surface area contributed by atoms with Crippen molar-refractivity contribution in [3.63, 3.8) is 0 Å². The summed E-state index contributed by atoms with van der Waals surface area (Å²) >= 11 is 1.15. The van der Waals surface area contributed by atoms with E-state index in [9.17, 15) is 14.0 Å². The Labute approximate surface area is 141 Å². The largest absolute Gasteiger partial charge is 0.358 e. The first kappa shape index (κ1) is 16.2. The number of hydrogen-bond donors (Lipinski definition) is 1. The zero-order valence-corrected chi connectivity index (χ0v) is 13.6. The van der Waals surface area contributed by atoms with Crippen molar-refractivity contribution >= 4 is 28.6 Å². The van der Waals surface area contributed by atoms with E-state index < -0.39 is 0 Å². The lowest BCUT2D eigenvalue weighted by atomic mass is 10.2. The molecule has 5 nitrogen and oxygen atoms in total. The Hall–Kier alpha value is -2.67. The highest BCUT2D eigenvalue weighted by atomic mass is 32.2. The standard InChI is InChI=1S/C17H14FN3O2S/c1-19-15(22)10-24-17-20-14-5-3-2-4-13(14)16(23)21(17)12-8-6-11(18)7-9-12/h2-9H,10H2,1H3,(H,19,22). The van der Waals surface area contributed by atoms with Gasteiger partial charge in [0.2, 0.25) is 5.91 Å². The summed E-state index contributed by atoms with van der Waals surface area (Å²) in [5.41, 5.74) is 0.797. The lowest BCUT2D eigenvalue weighted by molar-refractivity contribution is -0.118. The van der Waals surface area contributed by atoms with Crippen LogP contribution in [-0.4, -0.2) is 28.3 Å². The van der Waals surface area contributed by atoms with Gasteiger partial charge in [-0.15, -0.1) is 0 Å². The van der Waals surface area contributed by atoms with Gasteiger partial charge in [0.1, 0.15) is 5.82 Å². The maximum Gasteiger partial charge on any atom is 0.266 e. The number of halogens is 1. The lowest BCUT2D eigenvalue weighted by Crippen LogP contribution is -2.24. The summed E-state index contributed by atoms with van der Waals surface area (Å²) in [7, 11) is 1.55. The number of amides is 1. The number of benzene rings is 2. The van der Waals surface area contributed by atoms with Crippen molar-refractivity contribution in [2.75, 3.05) is 12.8 Å². The molecule has 0 saturated heterocycles. The third kappa shape index (κ3) is 3.16. The van der Waals surface area contributed by atoms with E-state index >= 15 is 0 Å². The van der Waals surface area contributed by atoms with Crippen LogP contribution in [0, 0.1) is 5.82 Å². The normalized spacial score (nSPS) is 10.8. The van der Waals surface area contributed by atoms with Crippen LogP contribution in [0.4, 0.5) is 4.39 Å². The Bertz CT molecular complexity index is 954. The van der Waals surface area contributed by atoms with E-state index in [4.69, 9.17) is 0 Å². The van der Waals surface area contributed by atoms with Gasteiger partial charge >= 0.3 is 0 Å². The molecule has 0 saturated carbocycles. The molecular formula is C17H14FN3O2S. The fourth-order valence-corrected chi connectivity index (χ4v) is 3.11. The minimum atomic E-state index is -0.389. The molecule has 0 unspecified atom stereocenters.